The largest absolute Gasteiger partial charge is 0.497 e. The van der Waals surface area contributed by atoms with Crippen molar-refractivity contribution < 1.29 is 23.0 Å². The van der Waals surface area contributed by atoms with Crippen LogP contribution in [0.2, 0.25) is 0 Å². The van der Waals surface area contributed by atoms with Crippen molar-refractivity contribution >= 4 is 17.3 Å². The number of hydrogen-bond acceptors (Lipinski definition) is 4. The first kappa shape index (κ1) is 17.5. The molecule has 2 aromatic carbocycles. The van der Waals surface area contributed by atoms with Gasteiger partial charge in [-0.2, -0.15) is 8.78 Å². The molecular formula is C17H18F2N2O3. The van der Waals surface area contributed by atoms with E-state index < -0.39 is 6.61 Å². The Morgan fingerprint density at radius 2 is 1.92 bits per heavy atom. The predicted molar refractivity (Wildman–Crippen MR) is 87.9 cm³/mol. The average molecular weight is 336 g/mol. The topological polar surface area (TPSA) is 59.6 Å². The Bertz CT molecular complexity index is 708. The van der Waals surface area contributed by atoms with E-state index >= 15 is 0 Å². The Balaban J connectivity index is 1.97. The zero-order valence-corrected chi connectivity index (χ0v) is 13.3. The molecule has 0 aromatic heterocycles. The molecule has 5 nitrogen and oxygen atoms in total. The van der Waals surface area contributed by atoms with Gasteiger partial charge >= 0.3 is 6.61 Å². The molecule has 0 bridgehead atoms. The van der Waals surface area contributed by atoms with Crippen LogP contribution in [0.25, 0.3) is 0 Å². The summed E-state index contributed by atoms with van der Waals surface area (Å²) in [6, 6.07) is 11.4. The molecule has 0 aliphatic carbocycles. The number of para-hydroxylation sites is 2. The number of alkyl halides is 2. The highest BCUT2D eigenvalue weighted by Gasteiger charge is 2.11. The second-order valence-electron chi connectivity index (χ2n) is 4.96. The van der Waals surface area contributed by atoms with Crippen molar-refractivity contribution in [2.45, 2.75) is 13.5 Å². The summed E-state index contributed by atoms with van der Waals surface area (Å²) in [7, 11) is 1.58. The van der Waals surface area contributed by atoms with Crippen LogP contribution in [0.5, 0.6) is 11.5 Å². The fourth-order valence-corrected chi connectivity index (χ4v) is 2.10. The van der Waals surface area contributed by atoms with Gasteiger partial charge in [-0.25, -0.2) is 0 Å². The maximum atomic E-state index is 12.4. The Hall–Kier alpha value is -2.83. The molecule has 0 fully saturated rings. The van der Waals surface area contributed by atoms with Gasteiger partial charge in [-0.15, -0.1) is 0 Å². The highest BCUT2D eigenvalue weighted by atomic mass is 19.3. The molecule has 0 saturated carbocycles. The van der Waals surface area contributed by atoms with Crippen LogP contribution in [0.3, 0.4) is 0 Å². The fourth-order valence-electron chi connectivity index (χ4n) is 2.10. The summed E-state index contributed by atoms with van der Waals surface area (Å²) in [5.41, 5.74) is 1.89. The lowest BCUT2D eigenvalue weighted by atomic mass is 10.2. The minimum atomic E-state index is -2.96. The number of hydrogen-bond donors (Lipinski definition) is 2. The summed E-state index contributed by atoms with van der Waals surface area (Å²) in [5, 5.41) is 5.53. The number of nitrogens with one attached hydrogen (secondary N) is 2. The summed E-state index contributed by atoms with van der Waals surface area (Å²) < 4.78 is 34.2. The average Bonchev–Trinajstić information content (AvgIpc) is 2.55. The number of aryl methyl sites for hydroxylation is 1. The lowest BCUT2D eigenvalue weighted by molar-refractivity contribution is -0.114. The summed E-state index contributed by atoms with van der Waals surface area (Å²) in [5.74, 6) is 0.262. The molecule has 0 spiro atoms. The molecule has 2 N–H and O–H groups in total. The highest BCUT2D eigenvalue weighted by Crippen LogP contribution is 2.25. The van der Waals surface area contributed by atoms with Crippen molar-refractivity contribution in [2.24, 2.45) is 0 Å². The van der Waals surface area contributed by atoms with Crippen molar-refractivity contribution in [3.63, 3.8) is 0 Å². The summed E-state index contributed by atoms with van der Waals surface area (Å²) >= 11 is 0. The third kappa shape index (κ3) is 4.84. The number of methoxy groups -OCH3 is 1. The number of halogens is 2. The van der Waals surface area contributed by atoms with Gasteiger partial charge in [0, 0.05) is 5.69 Å². The minimum Gasteiger partial charge on any atom is -0.497 e. The number of carbonyl (C=O) groups is 1. The Labute approximate surface area is 138 Å². The van der Waals surface area contributed by atoms with Crippen molar-refractivity contribution in [2.75, 3.05) is 24.3 Å². The van der Waals surface area contributed by atoms with Crippen LogP contribution in [0.15, 0.2) is 42.5 Å². The van der Waals surface area contributed by atoms with Crippen LogP contribution in [0, 0.1) is 6.92 Å². The van der Waals surface area contributed by atoms with Crippen LogP contribution in [0.4, 0.5) is 20.2 Å². The number of benzene rings is 2. The van der Waals surface area contributed by atoms with Gasteiger partial charge in [0.05, 0.1) is 19.3 Å². The molecule has 0 aliphatic rings. The minimum absolute atomic E-state index is 0.0177. The van der Waals surface area contributed by atoms with E-state index in [4.69, 9.17) is 4.74 Å². The van der Waals surface area contributed by atoms with E-state index in [9.17, 15) is 13.6 Å². The summed E-state index contributed by atoms with van der Waals surface area (Å²) in [4.78, 5) is 12.0. The lowest BCUT2D eigenvalue weighted by Gasteiger charge is -2.13. The van der Waals surface area contributed by atoms with Crippen LogP contribution >= 0.6 is 0 Å². The maximum absolute atomic E-state index is 12.4. The van der Waals surface area contributed by atoms with Gasteiger partial charge in [0.2, 0.25) is 5.91 Å². The van der Waals surface area contributed by atoms with E-state index in [1.807, 2.05) is 13.0 Å². The van der Waals surface area contributed by atoms with Crippen LogP contribution in [0.1, 0.15) is 5.56 Å². The van der Waals surface area contributed by atoms with E-state index in [2.05, 4.69) is 15.4 Å². The Morgan fingerprint density at radius 3 is 2.58 bits per heavy atom. The molecule has 1 amide bonds. The summed E-state index contributed by atoms with van der Waals surface area (Å²) in [6.45, 7) is -1.09. The third-order valence-corrected chi connectivity index (χ3v) is 3.25. The standard InChI is InChI=1S/C17H18F2N2O3/c1-11-9-12(23-2)7-8-13(11)20-10-16(22)21-14-5-3-4-6-15(14)24-17(18)19/h3-9,17,20H,10H2,1-2H3,(H,21,22). The predicted octanol–water partition coefficient (Wildman–Crippen LogP) is 3.66. The van der Waals surface area contributed by atoms with Gasteiger partial charge < -0.3 is 20.1 Å². The molecule has 0 unspecified atom stereocenters. The normalized spacial score (nSPS) is 10.4. The molecule has 2 rings (SSSR count). The monoisotopic (exact) mass is 336 g/mol. The SMILES string of the molecule is COc1ccc(NCC(=O)Nc2ccccc2OC(F)F)c(C)c1. The first-order chi connectivity index (χ1) is 11.5. The van der Waals surface area contributed by atoms with Crippen LogP contribution < -0.4 is 20.1 Å². The number of amides is 1. The van der Waals surface area contributed by atoms with Gasteiger partial charge in [-0.05, 0) is 42.8 Å². The van der Waals surface area contributed by atoms with Gasteiger partial charge in [0.15, 0.2) is 0 Å². The maximum Gasteiger partial charge on any atom is 0.387 e. The Kier molecular flexibility index (Phi) is 5.95. The van der Waals surface area contributed by atoms with Crippen LogP contribution in [-0.2, 0) is 4.79 Å². The van der Waals surface area contributed by atoms with Gasteiger partial charge in [0.25, 0.3) is 0 Å². The zero-order valence-electron chi connectivity index (χ0n) is 13.3. The zero-order chi connectivity index (χ0) is 17.5. The van der Waals surface area contributed by atoms with Crippen molar-refractivity contribution in [1.29, 1.82) is 0 Å². The molecule has 0 aliphatic heterocycles. The number of rotatable bonds is 7. The van der Waals surface area contributed by atoms with Crippen molar-refractivity contribution in [1.82, 2.24) is 0 Å². The second-order valence-corrected chi connectivity index (χ2v) is 4.96. The smallest absolute Gasteiger partial charge is 0.387 e. The highest BCUT2D eigenvalue weighted by molar-refractivity contribution is 5.95. The molecular weight excluding hydrogens is 318 g/mol. The van der Waals surface area contributed by atoms with E-state index in [0.29, 0.717) is 0 Å². The molecule has 128 valence electrons. The first-order valence-corrected chi connectivity index (χ1v) is 7.22. The number of anilines is 2. The number of ether oxygens (including phenoxy) is 2. The van der Waals surface area contributed by atoms with Crippen molar-refractivity contribution in [3.8, 4) is 11.5 Å². The molecule has 7 heteroatoms. The second kappa shape index (κ2) is 8.14. The quantitative estimate of drug-likeness (QED) is 0.810. The van der Waals surface area contributed by atoms with E-state index in [1.165, 1.54) is 12.1 Å². The fraction of sp³-hybridized carbons (Fsp3) is 0.235. The van der Waals surface area contributed by atoms with E-state index in [0.717, 1.165) is 17.0 Å². The summed E-state index contributed by atoms with van der Waals surface area (Å²) in [6.07, 6.45) is 0. The molecule has 24 heavy (non-hydrogen) atoms. The van der Waals surface area contributed by atoms with Gasteiger partial charge in [0.1, 0.15) is 11.5 Å². The van der Waals surface area contributed by atoms with Crippen LogP contribution in [-0.4, -0.2) is 26.2 Å². The number of carbonyl (C=O) groups excluding carboxylic acids is 1. The van der Waals surface area contributed by atoms with Gasteiger partial charge in [-0.3, -0.25) is 4.79 Å². The molecule has 0 heterocycles. The molecule has 0 radical (unpaired) electrons. The third-order valence-electron chi connectivity index (χ3n) is 3.25. The first-order valence-electron chi connectivity index (χ1n) is 7.22. The molecule has 0 saturated heterocycles. The lowest BCUT2D eigenvalue weighted by Crippen LogP contribution is -2.22. The van der Waals surface area contributed by atoms with E-state index in [-0.39, 0.29) is 23.9 Å². The van der Waals surface area contributed by atoms with Gasteiger partial charge in [-0.1, -0.05) is 12.1 Å². The van der Waals surface area contributed by atoms with Crippen molar-refractivity contribution in [3.05, 3.63) is 48.0 Å². The Morgan fingerprint density at radius 1 is 1.17 bits per heavy atom. The molecule has 2 aromatic rings. The molecule has 0 atom stereocenters. The van der Waals surface area contributed by atoms with E-state index in [1.54, 1.807) is 31.4 Å².